The first kappa shape index (κ1) is 17.8. The summed E-state index contributed by atoms with van der Waals surface area (Å²) in [6.07, 6.45) is 0. The van der Waals surface area contributed by atoms with Gasteiger partial charge in [0.1, 0.15) is 5.82 Å². The van der Waals surface area contributed by atoms with Crippen LogP contribution in [-0.4, -0.2) is 22.5 Å². The standard InChI is InChI=1S/C19H15ClFN3O2/c1-12-10-18(24-19(22-12)13-2-4-14(20)5-3-13)26-11-17(25)23-16-8-6-15(21)7-9-16/h2-10H,11H2,1H3,(H,23,25). The highest BCUT2D eigenvalue weighted by Crippen LogP contribution is 2.21. The Morgan fingerprint density at radius 1 is 1.12 bits per heavy atom. The third-order valence-electron chi connectivity index (χ3n) is 3.41. The van der Waals surface area contributed by atoms with E-state index in [4.69, 9.17) is 16.3 Å². The molecule has 0 saturated heterocycles. The molecule has 1 aromatic heterocycles. The molecule has 0 spiro atoms. The van der Waals surface area contributed by atoms with Crippen LogP contribution < -0.4 is 10.1 Å². The van der Waals surface area contributed by atoms with Crippen molar-refractivity contribution >= 4 is 23.2 Å². The average Bonchev–Trinajstić information content (AvgIpc) is 2.62. The molecule has 0 aliphatic heterocycles. The van der Waals surface area contributed by atoms with Crippen molar-refractivity contribution in [3.63, 3.8) is 0 Å². The molecule has 2 aromatic carbocycles. The van der Waals surface area contributed by atoms with E-state index >= 15 is 0 Å². The van der Waals surface area contributed by atoms with E-state index in [0.717, 1.165) is 5.56 Å². The number of carbonyl (C=O) groups excluding carboxylic acids is 1. The molecular weight excluding hydrogens is 357 g/mol. The van der Waals surface area contributed by atoms with Crippen molar-refractivity contribution in [3.05, 3.63) is 71.1 Å². The van der Waals surface area contributed by atoms with Gasteiger partial charge in [0, 0.05) is 28.0 Å². The number of nitrogens with zero attached hydrogens (tertiary/aromatic N) is 2. The molecule has 0 fully saturated rings. The Balaban J connectivity index is 1.66. The minimum absolute atomic E-state index is 0.228. The molecule has 1 heterocycles. The van der Waals surface area contributed by atoms with Crippen molar-refractivity contribution < 1.29 is 13.9 Å². The normalized spacial score (nSPS) is 10.4. The maximum Gasteiger partial charge on any atom is 0.262 e. The first-order valence-electron chi connectivity index (χ1n) is 7.79. The van der Waals surface area contributed by atoms with E-state index in [2.05, 4.69) is 15.3 Å². The Hall–Kier alpha value is -2.99. The maximum atomic E-state index is 12.9. The summed E-state index contributed by atoms with van der Waals surface area (Å²) in [6.45, 7) is 1.58. The monoisotopic (exact) mass is 371 g/mol. The molecule has 7 heteroatoms. The lowest BCUT2D eigenvalue weighted by Gasteiger charge is -2.09. The molecule has 26 heavy (non-hydrogen) atoms. The number of ether oxygens (including phenoxy) is 1. The molecule has 1 amide bonds. The lowest BCUT2D eigenvalue weighted by Crippen LogP contribution is -2.20. The number of halogens is 2. The average molecular weight is 372 g/mol. The van der Waals surface area contributed by atoms with Gasteiger partial charge in [-0.2, -0.15) is 4.98 Å². The third-order valence-corrected chi connectivity index (χ3v) is 3.66. The molecule has 0 atom stereocenters. The van der Waals surface area contributed by atoms with Gasteiger partial charge in [-0.05, 0) is 55.5 Å². The second-order valence-electron chi connectivity index (χ2n) is 5.52. The number of nitrogens with one attached hydrogen (secondary N) is 1. The second kappa shape index (κ2) is 7.93. The lowest BCUT2D eigenvalue weighted by molar-refractivity contribution is -0.118. The molecule has 3 aromatic rings. The largest absolute Gasteiger partial charge is 0.467 e. The Morgan fingerprint density at radius 2 is 1.81 bits per heavy atom. The molecule has 5 nitrogen and oxygen atoms in total. The molecule has 132 valence electrons. The molecule has 0 aliphatic carbocycles. The lowest BCUT2D eigenvalue weighted by atomic mass is 10.2. The second-order valence-corrected chi connectivity index (χ2v) is 5.96. The van der Waals surface area contributed by atoms with E-state index in [1.807, 2.05) is 19.1 Å². The number of anilines is 1. The molecule has 3 rings (SSSR count). The summed E-state index contributed by atoms with van der Waals surface area (Å²) in [5.74, 6) is 0.0265. The van der Waals surface area contributed by atoms with Crippen LogP contribution in [0, 0.1) is 12.7 Å². The van der Waals surface area contributed by atoms with Gasteiger partial charge in [0.2, 0.25) is 5.88 Å². The van der Waals surface area contributed by atoms with Crippen molar-refractivity contribution in [3.8, 4) is 17.3 Å². The summed E-state index contributed by atoms with van der Waals surface area (Å²) in [5.41, 5.74) is 1.98. The summed E-state index contributed by atoms with van der Waals surface area (Å²) in [7, 11) is 0. The number of hydrogen-bond donors (Lipinski definition) is 1. The van der Waals surface area contributed by atoms with Crippen LogP contribution in [0.5, 0.6) is 5.88 Å². The smallest absolute Gasteiger partial charge is 0.262 e. The van der Waals surface area contributed by atoms with Crippen molar-refractivity contribution in [1.82, 2.24) is 9.97 Å². The van der Waals surface area contributed by atoms with E-state index in [0.29, 0.717) is 22.2 Å². The van der Waals surface area contributed by atoms with Gasteiger partial charge in [-0.1, -0.05) is 11.6 Å². The number of benzene rings is 2. The Kier molecular flexibility index (Phi) is 5.43. The number of rotatable bonds is 5. The number of aromatic nitrogens is 2. The number of hydrogen-bond acceptors (Lipinski definition) is 4. The van der Waals surface area contributed by atoms with Gasteiger partial charge < -0.3 is 10.1 Å². The third kappa shape index (κ3) is 4.77. The Morgan fingerprint density at radius 3 is 2.50 bits per heavy atom. The number of carbonyl (C=O) groups is 1. The van der Waals surface area contributed by atoms with Gasteiger partial charge in [-0.25, -0.2) is 9.37 Å². The van der Waals surface area contributed by atoms with E-state index in [-0.39, 0.29) is 24.2 Å². The van der Waals surface area contributed by atoms with Gasteiger partial charge in [-0.15, -0.1) is 0 Å². The number of amides is 1. The van der Waals surface area contributed by atoms with E-state index < -0.39 is 0 Å². The predicted molar refractivity (Wildman–Crippen MR) is 97.7 cm³/mol. The SMILES string of the molecule is Cc1cc(OCC(=O)Nc2ccc(F)cc2)nc(-c2ccc(Cl)cc2)n1. The maximum absolute atomic E-state index is 12.9. The molecule has 0 saturated carbocycles. The van der Waals surface area contributed by atoms with E-state index in [1.54, 1.807) is 18.2 Å². The molecule has 0 aliphatic rings. The Bertz CT molecular complexity index is 915. The van der Waals surface area contributed by atoms with Crippen LogP contribution in [-0.2, 0) is 4.79 Å². The van der Waals surface area contributed by atoms with E-state index in [1.165, 1.54) is 24.3 Å². The van der Waals surface area contributed by atoms with Crippen LogP contribution in [0.1, 0.15) is 5.69 Å². The topological polar surface area (TPSA) is 64.1 Å². The zero-order valence-electron chi connectivity index (χ0n) is 13.9. The molecule has 0 unspecified atom stereocenters. The minimum atomic E-state index is -0.374. The van der Waals surface area contributed by atoms with Crippen molar-refractivity contribution in [2.75, 3.05) is 11.9 Å². The van der Waals surface area contributed by atoms with Crippen molar-refractivity contribution in [1.29, 1.82) is 0 Å². The minimum Gasteiger partial charge on any atom is -0.467 e. The molecule has 1 N–H and O–H groups in total. The van der Waals surface area contributed by atoms with Crippen LogP contribution in [0.2, 0.25) is 5.02 Å². The van der Waals surface area contributed by atoms with Gasteiger partial charge >= 0.3 is 0 Å². The summed E-state index contributed by atoms with van der Waals surface area (Å²) in [5, 5.41) is 3.24. The van der Waals surface area contributed by atoms with Crippen LogP contribution in [0.4, 0.5) is 10.1 Å². The molecular formula is C19H15ClFN3O2. The van der Waals surface area contributed by atoms with Gasteiger partial charge in [0.05, 0.1) is 0 Å². The zero-order valence-corrected chi connectivity index (χ0v) is 14.6. The summed E-state index contributed by atoms with van der Waals surface area (Å²) < 4.78 is 18.3. The van der Waals surface area contributed by atoms with Gasteiger partial charge in [-0.3, -0.25) is 4.79 Å². The summed E-state index contributed by atoms with van der Waals surface area (Å²) in [4.78, 5) is 20.6. The van der Waals surface area contributed by atoms with E-state index in [9.17, 15) is 9.18 Å². The fourth-order valence-corrected chi connectivity index (χ4v) is 2.34. The van der Waals surface area contributed by atoms with Crippen LogP contribution in [0.25, 0.3) is 11.4 Å². The fourth-order valence-electron chi connectivity index (χ4n) is 2.21. The first-order valence-corrected chi connectivity index (χ1v) is 8.17. The van der Waals surface area contributed by atoms with Gasteiger partial charge in [0.25, 0.3) is 5.91 Å². The predicted octanol–water partition coefficient (Wildman–Crippen LogP) is 4.26. The highest BCUT2D eigenvalue weighted by molar-refractivity contribution is 6.30. The summed E-state index contributed by atoms with van der Waals surface area (Å²) >= 11 is 5.89. The highest BCUT2D eigenvalue weighted by atomic mass is 35.5. The van der Waals surface area contributed by atoms with Crippen LogP contribution in [0.15, 0.2) is 54.6 Å². The zero-order chi connectivity index (χ0) is 18.5. The Labute approximate surface area is 154 Å². The molecule has 0 radical (unpaired) electrons. The first-order chi connectivity index (χ1) is 12.5. The summed E-state index contributed by atoms with van der Waals surface area (Å²) in [6, 6.07) is 14.2. The van der Waals surface area contributed by atoms with Gasteiger partial charge in [0.15, 0.2) is 12.4 Å². The van der Waals surface area contributed by atoms with Crippen molar-refractivity contribution in [2.24, 2.45) is 0 Å². The highest BCUT2D eigenvalue weighted by Gasteiger charge is 2.09. The quantitative estimate of drug-likeness (QED) is 0.727. The van der Waals surface area contributed by atoms with Crippen molar-refractivity contribution in [2.45, 2.75) is 6.92 Å². The fraction of sp³-hybridized carbons (Fsp3) is 0.105. The molecule has 0 bridgehead atoms. The number of aryl methyl sites for hydroxylation is 1. The van der Waals surface area contributed by atoms with Crippen LogP contribution in [0.3, 0.4) is 0 Å². The van der Waals surface area contributed by atoms with Crippen LogP contribution >= 0.6 is 11.6 Å².